The van der Waals surface area contributed by atoms with Crippen LogP contribution in [0.2, 0.25) is 0 Å². The van der Waals surface area contributed by atoms with Gasteiger partial charge in [0.05, 0.1) is 19.3 Å². The maximum absolute atomic E-state index is 14.9. The molecule has 2 nitrogen and oxygen atoms in total. The van der Waals surface area contributed by atoms with E-state index in [1.54, 1.807) is 6.92 Å². The minimum atomic E-state index is -1.26. The van der Waals surface area contributed by atoms with Gasteiger partial charge in [-0.3, -0.25) is 0 Å². The van der Waals surface area contributed by atoms with Crippen molar-refractivity contribution in [2.24, 2.45) is 5.92 Å². The highest BCUT2D eigenvalue weighted by atomic mass is 19.2. The molecule has 36 heavy (non-hydrogen) atoms. The quantitative estimate of drug-likeness (QED) is 0.275. The second-order valence-corrected chi connectivity index (χ2v) is 9.37. The van der Waals surface area contributed by atoms with Crippen molar-refractivity contribution in [1.29, 1.82) is 0 Å². The van der Waals surface area contributed by atoms with Crippen LogP contribution < -0.4 is 4.74 Å². The Bertz CT molecular complexity index is 1170. The maximum atomic E-state index is 14.9. The van der Waals surface area contributed by atoms with E-state index in [1.165, 1.54) is 35.4 Å². The second-order valence-electron chi connectivity index (χ2n) is 9.37. The highest BCUT2D eigenvalue weighted by molar-refractivity contribution is 5.66. The molecule has 0 spiro atoms. The molecule has 1 aliphatic rings. The fraction of sp³-hybridized carbons (Fsp3) is 0.400. The topological polar surface area (TPSA) is 18.5 Å². The van der Waals surface area contributed by atoms with Crippen LogP contribution in [0, 0.1) is 29.2 Å². The molecule has 192 valence electrons. The standard InChI is InChI=1S/C30H32F4O2/c1-3-5-19-6-10-21(11-7-19)25-16-9-20(18-36-25)8-12-22-13-14-23(28(32)27(22)31)24-15-17-26(35-4-2)30(34)29(24)33/h6-7,10-11,13-15,17,20,25H,3-5,8-9,12,16,18H2,1-2H3. The number of hydrogen-bond donors (Lipinski definition) is 0. The second kappa shape index (κ2) is 11.9. The van der Waals surface area contributed by atoms with Gasteiger partial charge >= 0.3 is 0 Å². The van der Waals surface area contributed by atoms with Crippen molar-refractivity contribution in [1.82, 2.24) is 0 Å². The van der Waals surface area contributed by atoms with Gasteiger partial charge in [-0.1, -0.05) is 49.7 Å². The molecule has 0 bridgehead atoms. The summed E-state index contributed by atoms with van der Waals surface area (Å²) in [5.41, 5.74) is 2.06. The minimum absolute atomic E-state index is 0.0646. The minimum Gasteiger partial charge on any atom is -0.491 e. The van der Waals surface area contributed by atoms with Gasteiger partial charge in [0.15, 0.2) is 23.2 Å². The first-order valence-electron chi connectivity index (χ1n) is 12.7. The molecule has 0 N–H and O–H groups in total. The Labute approximate surface area is 210 Å². The maximum Gasteiger partial charge on any atom is 0.201 e. The van der Waals surface area contributed by atoms with Crippen molar-refractivity contribution in [2.75, 3.05) is 13.2 Å². The number of ether oxygens (including phenoxy) is 2. The Morgan fingerprint density at radius 2 is 1.47 bits per heavy atom. The molecule has 0 aliphatic carbocycles. The van der Waals surface area contributed by atoms with E-state index in [2.05, 4.69) is 31.2 Å². The lowest BCUT2D eigenvalue weighted by Crippen LogP contribution is -2.21. The molecule has 6 heteroatoms. The summed E-state index contributed by atoms with van der Waals surface area (Å²) in [6.07, 6.45) is 5.08. The highest BCUT2D eigenvalue weighted by Crippen LogP contribution is 2.35. The van der Waals surface area contributed by atoms with Crippen LogP contribution in [0.15, 0.2) is 48.5 Å². The third kappa shape index (κ3) is 5.75. The number of benzene rings is 3. The number of rotatable bonds is 9. The first-order valence-corrected chi connectivity index (χ1v) is 12.7. The van der Waals surface area contributed by atoms with Crippen LogP contribution in [0.4, 0.5) is 17.6 Å². The molecule has 0 saturated carbocycles. The lowest BCUT2D eigenvalue weighted by molar-refractivity contribution is -0.0192. The van der Waals surface area contributed by atoms with Crippen molar-refractivity contribution >= 4 is 0 Å². The number of hydrogen-bond acceptors (Lipinski definition) is 2. The van der Waals surface area contributed by atoms with Gasteiger partial charge in [0.1, 0.15) is 0 Å². The van der Waals surface area contributed by atoms with Gasteiger partial charge in [0.2, 0.25) is 5.82 Å². The summed E-state index contributed by atoms with van der Waals surface area (Å²) >= 11 is 0. The van der Waals surface area contributed by atoms with E-state index in [4.69, 9.17) is 9.47 Å². The van der Waals surface area contributed by atoms with Crippen LogP contribution in [-0.4, -0.2) is 13.2 Å². The molecule has 2 atom stereocenters. The average molecular weight is 501 g/mol. The third-order valence-corrected chi connectivity index (χ3v) is 6.88. The van der Waals surface area contributed by atoms with Gasteiger partial charge in [-0.05, 0) is 73.8 Å². The van der Waals surface area contributed by atoms with Gasteiger partial charge in [-0.2, -0.15) is 4.39 Å². The molecule has 3 aromatic carbocycles. The third-order valence-electron chi connectivity index (χ3n) is 6.88. The van der Waals surface area contributed by atoms with E-state index in [-0.39, 0.29) is 41.1 Å². The lowest BCUT2D eigenvalue weighted by Gasteiger charge is -2.29. The van der Waals surface area contributed by atoms with Gasteiger partial charge < -0.3 is 9.47 Å². The Hall–Kier alpha value is -2.86. The van der Waals surface area contributed by atoms with Crippen molar-refractivity contribution in [3.05, 3.63) is 88.5 Å². The first kappa shape index (κ1) is 26.2. The molecule has 1 heterocycles. The van der Waals surface area contributed by atoms with Crippen molar-refractivity contribution in [3.8, 4) is 16.9 Å². The SMILES string of the molecule is CCCc1ccc(C2CCC(CCc3ccc(-c4ccc(OCC)c(F)c4F)c(F)c3F)CO2)cc1. The van der Waals surface area contributed by atoms with Crippen LogP contribution >= 0.6 is 0 Å². The van der Waals surface area contributed by atoms with Crippen LogP contribution in [0.25, 0.3) is 11.1 Å². The zero-order valence-corrected chi connectivity index (χ0v) is 20.8. The van der Waals surface area contributed by atoms with Crippen molar-refractivity contribution in [2.45, 2.75) is 58.5 Å². The molecule has 3 aromatic rings. The Morgan fingerprint density at radius 1 is 0.778 bits per heavy atom. The smallest absolute Gasteiger partial charge is 0.201 e. The summed E-state index contributed by atoms with van der Waals surface area (Å²) in [6.45, 7) is 4.53. The molecule has 0 amide bonds. The molecule has 1 aliphatic heterocycles. The average Bonchev–Trinajstić information content (AvgIpc) is 2.89. The zero-order valence-electron chi connectivity index (χ0n) is 20.8. The van der Waals surface area contributed by atoms with Gasteiger partial charge in [-0.25, -0.2) is 13.2 Å². The van der Waals surface area contributed by atoms with Gasteiger partial charge in [-0.15, -0.1) is 0 Å². The predicted octanol–water partition coefficient (Wildman–Crippen LogP) is 8.36. The Kier molecular flexibility index (Phi) is 8.68. The molecule has 1 fully saturated rings. The summed E-state index contributed by atoms with van der Waals surface area (Å²) in [7, 11) is 0. The normalized spacial score (nSPS) is 17.8. The Morgan fingerprint density at radius 3 is 2.11 bits per heavy atom. The van der Waals surface area contributed by atoms with Gasteiger partial charge in [0.25, 0.3) is 0 Å². The summed E-state index contributed by atoms with van der Waals surface area (Å²) < 4.78 is 69.6. The van der Waals surface area contributed by atoms with Crippen LogP contribution in [0.5, 0.6) is 5.75 Å². The molecule has 0 aromatic heterocycles. The van der Waals surface area contributed by atoms with Crippen LogP contribution in [-0.2, 0) is 17.6 Å². The number of aryl methyl sites for hydroxylation is 2. The number of halogens is 4. The molecule has 1 saturated heterocycles. The molecule has 0 radical (unpaired) electrons. The molecule has 2 unspecified atom stereocenters. The highest BCUT2D eigenvalue weighted by Gasteiger charge is 2.25. The fourth-order valence-corrected chi connectivity index (χ4v) is 4.84. The molecule has 4 rings (SSSR count). The van der Waals surface area contributed by atoms with E-state index in [0.29, 0.717) is 19.4 Å². The monoisotopic (exact) mass is 500 g/mol. The first-order chi connectivity index (χ1) is 17.4. The summed E-state index contributed by atoms with van der Waals surface area (Å²) in [5, 5.41) is 0. The van der Waals surface area contributed by atoms with E-state index in [0.717, 1.165) is 25.7 Å². The zero-order chi connectivity index (χ0) is 25.7. The lowest BCUT2D eigenvalue weighted by atomic mass is 9.89. The largest absolute Gasteiger partial charge is 0.491 e. The Balaban J connectivity index is 1.37. The van der Waals surface area contributed by atoms with Gasteiger partial charge in [0, 0.05) is 11.1 Å². The van der Waals surface area contributed by atoms with Crippen LogP contribution in [0.1, 0.15) is 62.3 Å². The summed E-state index contributed by atoms with van der Waals surface area (Å²) in [4.78, 5) is 0. The summed E-state index contributed by atoms with van der Waals surface area (Å²) in [5.74, 6) is -4.70. The van der Waals surface area contributed by atoms with E-state index < -0.39 is 23.3 Å². The fourth-order valence-electron chi connectivity index (χ4n) is 4.84. The molecular weight excluding hydrogens is 468 g/mol. The van der Waals surface area contributed by atoms with E-state index >= 15 is 0 Å². The summed E-state index contributed by atoms with van der Waals surface area (Å²) in [6, 6.07) is 13.8. The van der Waals surface area contributed by atoms with Crippen LogP contribution in [0.3, 0.4) is 0 Å². The van der Waals surface area contributed by atoms with Crippen molar-refractivity contribution in [3.63, 3.8) is 0 Å². The predicted molar refractivity (Wildman–Crippen MR) is 133 cm³/mol. The van der Waals surface area contributed by atoms with Crippen molar-refractivity contribution < 1.29 is 27.0 Å². The van der Waals surface area contributed by atoms with E-state index in [1.807, 2.05) is 0 Å². The van der Waals surface area contributed by atoms with E-state index in [9.17, 15) is 17.6 Å². The molecular formula is C30H32F4O2.